The number of nitrogens with zero attached hydrogens (tertiary/aromatic N) is 2. The van der Waals surface area contributed by atoms with Gasteiger partial charge in [-0.15, -0.1) is 0 Å². The van der Waals surface area contributed by atoms with Gasteiger partial charge in [-0.2, -0.15) is 0 Å². The number of carboxylic acid groups (broad SMARTS) is 1. The van der Waals surface area contributed by atoms with Gasteiger partial charge in [0.15, 0.2) is 0 Å². The van der Waals surface area contributed by atoms with Crippen molar-refractivity contribution in [3.05, 3.63) is 59.7 Å². The van der Waals surface area contributed by atoms with E-state index in [1.807, 2.05) is 42.5 Å². The quantitative estimate of drug-likeness (QED) is 0.875. The first-order valence-corrected chi connectivity index (χ1v) is 7.85. The van der Waals surface area contributed by atoms with Gasteiger partial charge in [0.25, 0.3) is 5.91 Å². The molecule has 2 aromatic carbocycles. The molecule has 2 aromatic rings. The number of nitrogens with one attached hydrogen (secondary N) is 1. The summed E-state index contributed by atoms with van der Waals surface area (Å²) in [6.07, 6.45) is -2.50. The molecule has 0 saturated carbocycles. The van der Waals surface area contributed by atoms with Crippen LogP contribution in [0.5, 0.6) is 5.75 Å². The van der Waals surface area contributed by atoms with Crippen molar-refractivity contribution in [2.24, 2.45) is 4.99 Å². The lowest BCUT2D eigenvalue weighted by molar-refractivity contribution is -0.120. The van der Waals surface area contributed by atoms with E-state index in [-0.39, 0.29) is 0 Å². The van der Waals surface area contributed by atoms with Crippen LogP contribution in [0.2, 0.25) is 0 Å². The third kappa shape index (κ3) is 2.59. The average molecular weight is 337 g/mol. The maximum Gasteiger partial charge on any atom is 0.406 e. The third-order valence-corrected chi connectivity index (χ3v) is 4.16. The molecule has 0 fully saturated rings. The van der Waals surface area contributed by atoms with Gasteiger partial charge in [0, 0.05) is 11.1 Å². The topological polar surface area (TPSA) is 91.2 Å². The molecule has 2 heterocycles. The lowest BCUT2D eigenvalue weighted by Gasteiger charge is -2.31. The Morgan fingerprint density at radius 2 is 2.00 bits per heavy atom. The Balaban J connectivity index is 1.95. The number of carbonyl (C=O) groups is 2. The number of amides is 2. The number of hydrogen-bond donors (Lipinski definition) is 2. The minimum absolute atomic E-state index is 0.345. The molecule has 2 amide bonds. The summed E-state index contributed by atoms with van der Waals surface area (Å²) in [6, 6.07) is 14.9. The predicted octanol–water partition coefficient (Wildman–Crippen LogP) is 1.86. The molecule has 0 aromatic heterocycles. The summed E-state index contributed by atoms with van der Waals surface area (Å²) in [7, 11) is 0. The van der Waals surface area contributed by atoms with Gasteiger partial charge < -0.3 is 14.7 Å². The van der Waals surface area contributed by atoms with E-state index >= 15 is 0 Å². The fraction of sp³-hybridized carbons (Fsp3) is 0.167. The molecule has 2 aliphatic heterocycles. The first kappa shape index (κ1) is 15.2. The Hall–Kier alpha value is -3.35. The normalized spacial score (nSPS) is 18.6. The van der Waals surface area contributed by atoms with Gasteiger partial charge in [0.2, 0.25) is 6.17 Å². The summed E-state index contributed by atoms with van der Waals surface area (Å²) in [4.78, 5) is 30.0. The molecule has 0 bridgehead atoms. The van der Waals surface area contributed by atoms with Gasteiger partial charge >= 0.3 is 6.09 Å². The van der Waals surface area contributed by atoms with Crippen LogP contribution in [0.3, 0.4) is 0 Å². The highest BCUT2D eigenvalue weighted by molar-refractivity contribution is 6.21. The Kier molecular flexibility index (Phi) is 3.61. The summed E-state index contributed by atoms with van der Waals surface area (Å²) >= 11 is 0. The van der Waals surface area contributed by atoms with Gasteiger partial charge in [0.05, 0.1) is 17.9 Å². The Bertz CT molecular complexity index is 879. The molecule has 7 nitrogen and oxygen atoms in total. The SMILES string of the molecule is O=C(O)NC1N=C(c2ccccc2)c2cccc3c2N(CCO3)C1=O. The monoisotopic (exact) mass is 337 g/mol. The zero-order chi connectivity index (χ0) is 17.4. The maximum atomic E-state index is 12.9. The molecule has 25 heavy (non-hydrogen) atoms. The lowest BCUT2D eigenvalue weighted by Crippen LogP contribution is -2.49. The van der Waals surface area contributed by atoms with Crippen molar-refractivity contribution >= 4 is 23.4 Å². The van der Waals surface area contributed by atoms with Gasteiger partial charge in [-0.25, -0.2) is 9.79 Å². The van der Waals surface area contributed by atoms with Crippen LogP contribution in [0.15, 0.2) is 53.5 Å². The standard InChI is InChI=1S/C18H15N3O4/c22-17-16(20-18(23)24)19-14(11-5-2-1-3-6-11)12-7-4-8-13-15(12)21(17)9-10-25-13/h1-8,16,20H,9-10H2,(H,23,24). The average Bonchev–Trinajstić information content (AvgIpc) is 2.74. The highest BCUT2D eigenvalue weighted by Gasteiger charge is 2.36. The molecule has 0 saturated heterocycles. The van der Waals surface area contributed by atoms with E-state index in [2.05, 4.69) is 10.3 Å². The van der Waals surface area contributed by atoms with E-state index < -0.39 is 18.2 Å². The number of benzene rings is 2. The van der Waals surface area contributed by atoms with Gasteiger partial charge in [-0.3, -0.25) is 10.1 Å². The molecule has 1 unspecified atom stereocenters. The van der Waals surface area contributed by atoms with Crippen LogP contribution in [-0.2, 0) is 4.79 Å². The van der Waals surface area contributed by atoms with Crippen LogP contribution in [0.25, 0.3) is 0 Å². The number of rotatable bonds is 2. The molecule has 4 rings (SSSR count). The van der Waals surface area contributed by atoms with Crippen LogP contribution >= 0.6 is 0 Å². The van der Waals surface area contributed by atoms with E-state index in [1.165, 1.54) is 0 Å². The van der Waals surface area contributed by atoms with Crippen molar-refractivity contribution in [2.45, 2.75) is 6.17 Å². The van der Waals surface area contributed by atoms with Crippen LogP contribution in [0.4, 0.5) is 10.5 Å². The molecule has 1 atom stereocenters. The van der Waals surface area contributed by atoms with Crippen LogP contribution in [0.1, 0.15) is 11.1 Å². The molecule has 2 aliphatic rings. The predicted molar refractivity (Wildman–Crippen MR) is 91.3 cm³/mol. The summed E-state index contributed by atoms with van der Waals surface area (Å²) in [5, 5.41) is 11.3. The largest absolute Gasteiger partial charge is 0.490 e. The molecule has 126 valence electrons. The van der Waals surface area contributed by atoms with E-state index in [1.54, 1.807) is 11.0 Å². The van der Waals surface area contributed by atoms with Crippen molar-refractivity contribution in [3.63, 3.8) is 0 Å². The number of para-hydroxylation sites is 1. The summed E-state index contributed by atoms with van der Waals surface area (Å²) in [5.74, 6) is 0.182. The molecule has 0 aliphatic carbocycles. The minimum atomic E-state index is -1.30. The smallest absolute Gasteiger partial charge is 0.406 e. The van der Waals surface area contributed by atoms with E-state index in [4.69, 9.17) is 9.84 Å². The Morgan fingerprint density at radius 1 is 1.20 bits per heavy atom. The highest BCUT2D eigenvalue weighted by Crippen LogP contribution is 2.38. The Labute approximate surface area is 143 Å². The molecule has 2 N–H and O–H groups in total. The van der Waals surface area contributed by atoms with Gasteiger partial charge in [-0.05, 0) is 6.07 Å². The second-order valence-corrected chi connectivity index (χ2v) is 5.69. The molecule has 7 heteroatoms. The van der Waals surface area contributed by atoms with Crippen molar-refractivity contribution in [1.82, 2.24) is 5.32 Å². The third-order valence-electron chi connectivity index (χ3n) is 4.16. The van der Waals surface area contributed by atoms with E-state index in [0.29, 0.717) is 30.3 Å². The number of anilines is 1. The van der Waals surface area contributed by atoms with Crippen LogP contribution in [0, 0.1) is 0 Å². The minimum Gasteiger partial charge on any atom is -0.490 e. The maximum absolute atomic E-state index is 12.9. The van der Waals surface area contributed by atoms with E-state index in [0.717, 1.165) is 11.1 Å². The first-order chi connectivity index (χ1) is 12.1. The highest BCUT2D eigenvalue weighted by atomic mass is 16.5. The van der Waals surface area contributed by atoms with Gasteiger partial charge in [0.1, 0.15) is 12.4 Å². The summed E-state index contributed by atoms with van der Waals surface area (Å²) < 4.78 is 5.69. The summed E-state index contributed by atoms with van der Waals surface area (Å²) in [6.45, 7) is 0.695. The zero-order valence-electron chi connectivity index (χ0n) is 13.2. The van der Waals surface area contributed by atoms with Crippen LogP contribution in [-0.4, -0.2) is 42.1 Å². The number of ether oxygens (including phenoxy) is 1. The summed E-state index contributed by atoms with van der Waals surface area (Å²) in [5.41, 5.74) is 2.73. The lowest BCUT2D eigenvalue weighted by atomic mass is 9.99. The molecule has 0 radical (unpaired) electrons. The number of hydrogen-bond acceptors (Lipinski definition) is 4. The first-order valence-electron chi connectivity index (χ1n) is 7.85. The van der Waals surface area contributed by atoms with Crippen molar-refractivity contribution < 1.29 is 19.4 Å². The fourth-order valence-corrected chi connectivity index (χ4v) is 3.13. The zero-order valence-corrected chi connectivity index (χ0v) is 13.2. The molecular formula is C18H15N3O4. The fourth-order valence-electron chi connectivity index (χ4n) is 3.13. The molecule has 0 spiro atoms. The molecular weight excluding hydrogens is 322 g/mol. The Morgan fingerprint density at radius 3 is 2.76 bits per heavy atom. The van der Waals surface area contributed by atoms with Crippen molar-refractivity contribution in [1.29, 1.82) is 0 Å². The number of aliphatic imine (C=N–C) groups is 1. The van der Waals surface area contributed by atoms with E-state index in [9.17, 15) is 9.59 Å². The van der Waals surface area contributed by atoms with Crippen LogP contribution < -0.4 is 15.0 Å². The van der Waals surface area contributed by atoms with Gasteiger partial charge in [-0.1, -0.05) is 42.5 Å². The number of carbonyl (C=O) groups excluding carboxylic acids is 1. The van der Waals surface area contributed by atoms with Crippen molar-refractivity contribution in [3.8, 4) is 5.75 Å². The van der Waals surface area contributed by atoms with Crippen molar-refractivity contribution in [2.75, 3.05) is 18.1 Å². The second-order valence-electron chi connectivity index (χ2n) is 5.69. The second kappa shape index (κ2) is 5.94.